The Morgan fingerprint density at radius 1 is 1.35 bits per heavy atom. The van der Waals surface area contributed by atoms with Gasteiger partial charge in [0.1, 0.15) is 0 Å². The molecular weight excluding hydrogens is 224 g/mol. The number of methoxy groups -OCH3 is 2. The van der Waals surface area contributed by atoms with Crippen LogP contribution < -0.4 is 9.47 Å². The number of pyridine rings is 1. The summed E-state index contributed by atoms with van der Waals surface area (Å²) in [6, 6.07) is 3.37. The molecule has 0 radical (unpaired) electrons. The predicted molar refractivity (Wildman–Crippen MR) is 61.5 cm³/mol. The summed E-state index contributed by atoms with van der Waals surface area (Å²) in [5.74, 6) is 0.441. The van der Waals surface area contributed by atoms with E-state index in [-0.39, 0.29) is 11.4 Å². The van der Waals surface area contributed by atoms with Crippen LogP contribution in [0.4, 0.5) is 5.69 Å². The van der Waals surface area contributed by atoms with Crippen molar-refractivity contribution in [3.05, 3.63) is 34.6 Å². The van der Waals surface area contributed by atoms with Gasteiger partial charge < -0.3 is 9.47 Å². The lowest BCUT2D eigenvalue weighted by atomic mass is 10.1. The second-order valence-electron chi connectivity index (χ2n) is 3.31. The standard InChI is InChI=1S/C11H10N2O4/c1-16-9-5-7-3-4-12-6-8(7)10(13(14)15)11(9)17-2/h3-6H,1-2H3. The van der Waals surface area contributed by atoms with E-state index in [0.717, 1.165) is 0 Å². The monoisotopic (exact) mass is 234 g/mol. The minimum Gasteiger partial charge on any atom is -0.493 e. The van der Waals surface area contributed by atoms with Crippen molar-refractivity contribution in [2.45, 2.75) is 0 Å². The fourth-order valence-corrected chi connectivity index (χ4v) is 1.70. The lowest BCUT2D eigenvalue weighted by Gasteiger charge is -2.09. The Hall–Kier alpha value is -2.37. The van der Waals surface area contributed by atoms with Gasteiger partial charge in [-0.1, -0.05) is 0 Å². The molecule has 6 heteroatoms. The Kier molecular flexibility index (Phi) is 2.78. The molecule has 0 bridgehead atoms. The highest BCUT2D eigenvalue weighted by molar-refractivity contribution is 5.95. The number of benzene rings is 1. The van der Waals surface area contributed by atoms with Gasteiger partial charge in [-0.15, -0.1) is 0 Å². The Morgan fingerprint density at radius 3 is 2.71 bits per heavy atom. The highest BCUT2D eigenvalue weighted by Gasteiger charge is 2.24. The van der Waals surface area contributed by atoms with Crippen molar-refractivity contribution in [2.75, 3.05) is 14.2 Å². The molecule has 2 aromatic rings. The minimum absolute atomic E-state index is 0.109. The van der Waals surface area contributed by atoms with E-state index < -0.39 is 4.92 Å². The van der Waals surface area contributed by atoms with Crippen LogP contribution >= 0.6 is 0 Å². The van der Waals surface area contributed by atoms with Gasteiger partial charge in [0.05, 0.1) is 24.5 Å². The molecule has 1 aromatic carbocycles. The summed E-state index contributed by atoms with van der Waals surface area (Å²) in [4.78, 5) is 14.5. The number of hydrogen-bond donors (Lipinski definition) is 0. The van der Waals surface area contributed by atoms with E-state index in [4.69, 9.17) is 9.47 Å². The lowest BCUT2D eigenvalue weighted by molar-refractivity contribution is -0.384. The van der Waals surface area contributed by atoms with E-state index in [1.807, 2.05) is 0 Å². The molecule has 0 aliphatic rings. The fourth-order valence-electron chi connectivity index (χ4n) is 1.70. The van der Waals surface area contributed by atoms with Crippen LogP contribution in [0.15, 0.2) is 24.5 Å². The summed E-state index contributed by atoms with van der Waals surface area (Å²) in [5.41, 5.74) is -0.130. The minimum atomic E-state index is -0.495. The molecular formula is C11H10N2O4. The van der Waals surface area contributed by atoms with Crippen LogP contribution in [0, 0.1) is 10.1 Å². The fraction of sp³-hybridized carbons (Fsp3) is 0.182. The largest absolute Gasteiger partial charge is 0.493 e. The van der Waals surface area contributed by atoms with Crippen LogP contribution in [-0.4, -0.2) is 24.1 Å². The van der Waals surface area contributed by atoms with Crippen molar-refractivity contribution in [3.63, 3.8) is 0 Å². The molecule has 0 N–H and O–H groups in total. The lowest BCUT2D eigenvalue weighted by Crippen LogP contribution is -1.98. The molecule has 0 saturated heterocycles. The van der Waals surface area contributed by atoms with Gasteiger partial charge in [-0.05, 0) is 17.5 Å². The van der Waals surface area contributed by atoms with Gasteiger partial charge in [-0.25, -0.2) is 0 Å². The molecule has 2 rings (SSSR count). The van der Waals surface area contributed by atoms with Crippen LogP contribution in [0.25, 0.3) is 10.8 Å². The number of ether oxygens (including phenoxy) is 2. The van der Waals surface area contributed by atoms with Crippen LogP contribution in [0.1, 0.15) is 0 Å². The van der Waals surface area contributed by atoms with Crippen LogP contribution in [0.5, 0.6) is 11.5 Å². The van der Waals surface area contributed by atoms with E-state index in [1.165, 1.54) is 20.4 Å². The quantitative estimate of drug-likeness (QED) is 0.600. The van der Waals surface area contributed by atoms with Crippen molar-refractivity contribution in [1.82, 2.24) is 4.98 Å². The molecule has 6 nitrogen and oxygen atoms in total. The highest BCUT2D eigenvalue weighted by atomic mass is 16.6. The second-order valence-corrected chi connectivity index (χ2v) is 3.31. The van der Waals surface area contributed by atoms with Crippen molar-refractivity contribution < 1.29 is 14.4 Å². The van der Waals surface area contributed by atoms with Crippen molar-refractivity contribution in [3.8, 4) is 11.5 Å². The third kappa shape index (κ3) is 1.73. The molecule has 1 heterocycles. The number of hydrogen-bond acceptors (Lipinski definition) is 5. The summed E-state index contributed by atoms with van der Waals surface area (Å²) >= 11 is 0. The first-order valence-electron chi connectivity index (χ1n) is 4.82. The van der Waals surface area contributed by atoms with Gasteiger partial charge in [-0.2, -0.15) is 0 Å². The zero-order valence-electron chi connectivity index (χ0n) is 9.34. The molecule has 0 aliphatic carbocycles. The number of fused-ring (bicyclic) bond motifs is 1. The average molecular weight is 234 g/mol. The maximum Gasteiger partial charge on any atom is 0.324 e. The van der Waals surface area contributed by atoms with Crippen LogP contribution in [-0.2, 0) is 0 Å². The molecule has 0 amide bonds. The number of nitro groups is 1. The smallest absolute Gasteiger partial charge is 0.324 e. The average Bonchev–Trinajstić information content (AvgIpc) is 2.35. The summed E-state index contributed by atoms with van der Waals surface area (Å²) in [6.07, 6.45) is 3.01. The van der Waals surface area contributed by atoms with E-state index in [0.29, 0.717) is 16.5 Å². The van der Waals surface area contributed by atoms with E-state index >= 15 is 0 Å². The number of nitrogens with zero attached hydrogens (tertiary/aromatic N) is 2. The SMILES string of the molecule is COc1cc2ccncc2c([N+](=O)[O-])c1OC. The third-order valence-electron chi connectivity index (χ3n) is 2.44. The maximum absolute atomic E-state index is 11.1. The Balaban J connectivity index is 2.90. The van der Waals surface area contributed by atoms with Gasteiger partial charge in [0, 0.05) is 12.4 Å². The number of rotatable bonds is 3. The molecule has 0 spiro atoms. The Labute approximate surface area is 96.9 Å². The zero-order valence-corrected chi connectivity index (χ0v) is 9.34. The highest BCUT2D eigenvalue weighted by Crippen LogP contribution is 2.42. The first-order valence-corrected chi connectivity index (χ1v) is 4.82. The molecule has 0 unspecified atom stereocenters. The summed E-state index contributed by atoms with van der Waals surface area (Å²) in [5, 5.41) is 12.2. The molecule has 17 heavy (non-hydrogen) atoms. The van der Waals surface area contributed by atoms with Crippen LogP contribution in [0.3, 0.4) is 0 Å². The van der Waals surface area contributed by atoms with Gasteiger partial charge in [-0.3, -0.25) is 15.1 Å². The zero-order chi connectivity index (χ0) is 12.4. The van der Waals surface area contributed by atoms with Gasteiger partial charge >= 0.3 is 5.69 Å². The third-order valence-corrected chi connectivity index (χ3v) is 2.44. The molecule has 0 aliphatic heterocycles. The first-order chi connectivity index (χ1) is 8.19. The van der Waals surface area contributed by atoms with Crippen molar-refractivity contribution in [2.24, 2.45) is 0 Å². The molecule has 88 valence electrons. The Morgan fingerprint density at radius 2 is 2.12 bits per heavy atom. The van der Waals surface area contributed by atoms with Crippen molar-refractivity contribution >= 4 is 16.5 Å². The van der Waals surface area contributed by atoms with E-state index in [9.17, 15) is 10.1 Å². The van der Waals surface area contributed by atoms with E-state index in [1.54, 1.807) is 18.3 Å². The molecule has 0 saturated carbocycles. The molecule has 0 atom stereocenters. The normalized spacial score (nSPS) is 10.2. The van der Waals surface area contributed by atoms with E-state index in [2.05, 4.69) is 4.98 Å². The van der Waals surface area contributed by atoms with Gasteiger partial charge in [0.15, 0.2) is 5.75 Å². The topological polar surface area (TPSA) is 74.5 Å². The predicted octanol–water partition coefficient (Wildman–Crippen LogP) is 2.16. The number of aromatic nitrogens is 1. The summed E-state index contributed by atoms with van der Waals surface area (Å²) < 4.78 is 10.1. The Bertz CT molecular complexity index is 583. The maximum atomic E-state index is 11.1. The van der Waals surface area contributed by atoms with Gasteiger partial charge in [0.25, 0.3) is 0 Å². The number of nitro benzene ring substituents is 1. The van der Waals surface area contributed by atoms with Gasteiger partial charge in [0.2, 0.25) is 5.75 Å². The molecule has 1 aromatic heterocycles. The first kappa shape index (κ1) is 11.1. The second kappa shape index (κ2) is 4.25. The van der Waals surface area contributed by atoms with Crippen LogP contribution in [0.2, 0.25) is 0 Å². The molecule has 0 fully saturated rings. The summed E-state index contributed by atoms with van der Waals surface area (Å²) in [7, 11) is 2.81. The van der Waals surface area contributed by atoms with Crippen molar-refractivity contribution in [1.29, 1.82) is 0 Å². The summed E-state index contributed by atoms with van der Waals surface area (Å²) in [6.45, 7) is 0.